The first-order valence-electron chi connectivity index (χ1n) is 7.59. The van der Waals surface area contributed by atoms with Crippen molar-refractivity contribution in [2.45, 2.75) is 6.54 Å². The topological polar surface area (TPSA) is 42.6 Å². The molecule has 1 aliphatic heterocycles. The minimum Gasteiger partial charge on any atom is -0.328 e. The number of rotatable bonds is 3. The van der Waals surface area contributed by atoms with Gasteiger partial charge in [-0.3, -0.25) is 9.48 Å². The molecule has 1 aromatic carbocycles. The lowest BCUT2D eigenvalue weighted by Gasteiger charge is -2.32. The lowest BCUT2D eigenvalue weighted by Crippen LogP contribution is -3.13. The quantitative estimate of drug-likeness (QED) is 0.902. The minimum absolute atomic E-state index is 0.0542. The van der Waals surface area contributed by atoms with Crippen molar-refractivity contribution in [3.63, 3.8) is 0 Å². The molecule has 1 N–H and O–H groups in total. The van der Waals surface area contributed by atoms with Crippen LogP contribution in [0.15, 0.2) is 30.5 Å². The van der Waals surface area contributed by atoms with Gasteiger partial charge in [0, 0.05) is 18.8 Å². The zero-order valence-electron chi connectivity index (χ0n) is 12.9. The van der Waals surface area contributed by atoms with Gasteiger partial charge in [0.15, 0.2) is 0 Å². The summed E-state index contributed by atoms with van der Waals surface area (Å²) < 4.78 is 1.62. The van der Waals surface area contributed by atoms with Crippen molar-refractivity contribution in [1.29, 1.82) is 0 Å². The van der Waals surface area contributed by atoms with Gasteiger partial charge >= 0.3 is 0 Å². The van der Waals surface area contributed by atoms with Crippen molar-refractivity contribution < 1.29 is 9.69 Å². The van der Waals surface area contributed by atoms with E-state index in [1.54, 1.807) is 24.0 Å². The molecule has 23 heavy (non-hydrogen) atoms. The molecule has 5 nitrogen and oxygen atoms in total. The monoisotopic (exact) mass is 353 g/mol. The molecule has 1 amide bonds. The first kappa shape index (κ1) is 16.3. The van der Waals surface area contributed by atoms with Crippen molar-refractivity contribution in [2.75, 3.05) is 26.2 Å². The summed E-state index contributed by atoms with van der Waals surface area (Å²) in [6.07, 6.45) is 1.65. The van der Waals surface area contributed by atoms with Gasteiger partial charge in [0.05, 0.1) is 36.2 Å². The third kappa shape index (κ3) is 3.68. The van der Waals surface area contributed by atoms with Crippen molar-refractivity contribution in [3.8, 4) is 0 Å². The fourth-order valence-corrected chi connectivity index (χ4v) is 3.21. The van der Waals surface area contributed by atoms with Gasteiger partial charge in [0.1, 0.15) is 12.2 Å². The van der Waals surface area contributed by atoms with Crippen LogP contribution in [0.3, 0.4) is 0 Å². The van der Waals surface area contributed by atoms with E-state index in [1.165, 1.54) is 10.5 Å². The Bertz CT molecular complexity index is 708. The Kier molecular flexibility index (Phi) is 4.90. The van der Waals surface area contributed by atoms with E-state index >= 15 is 0 Å². The van der Waals surface area contributed by atoms with Crippen LogP contribution in [0, 0.1) is 0 Å². The number of aryl methyl sites for hydroxylation is 1. The van der Waals surface area contributed by atoms with Crippen LogP contribution >= 0.6 is 23.2 Å². The molecule has 1 saturated heterocycles. The van der Waals surface area contributed by atoms with Gasteiger partial charge in [-0.25, -0.2) is 0 Å². The molecule has 0 aliphatic carbocycles. The summed E-state index contributed by atoms with van der Waals surface area (Å²) in [5.74, 6) is 0.0542. The van der Waals surface area contributed by atoms with E-state index in [4.69, 9.17) is 23.2 Å². The maximum absolute atomic E-state index is 12.5. The van der Waals surface area contributed by atoms with Crippen LogP contribution in [0.4, 0.5) is 0 Å². The fraction of sp³-hybridized carbons (Fsp3) is 0.375. The second kappa shape index (κ2) is 6.91. The number of piperazine rings is 1. The molecule has 0 spiro atoms. The van der Waals surface area contributed by atoms with Crippen LogP contribution in [0.1, 0.15) is 16.1 Å². The van der Waals surface area contributed by atoms with Crippen molar-refractivity contribution in [2.24, 2.45) is 7.05 Å². The average molecular weight is 354 g/mol. The first-order valence-corrected chi connectivity index (χ1v) is 8.35. The molecule has 1 aliphatic rings. The molecule has 1 aromatic heterocycles. The molecule has 2 heterocycles. The highest BCUT2D eigenvalue weighted by Crippen LogP contribution is 2.22. The highest BCUT2D eigenvalue weighted by atomic mass is 35.5. The van der Waals surface area contributed by atoms with Gasteiger partial charge < -0.3 is 9.80 Å². The Morgan fingerprint density at radius 3 is 2.57 bits per heavy atom. The molecule has 122 valence electrons. The van der Waals surface area contributed by atoms with Crippen LogP contribution in [0.25, 0.3) is 0 Å². The van der Waals surface area contributed by atoms with Crippen LogP contribution in [-0.2, 0) is 13.6 Å². The number of hydrogen-bond acceptors (Lipinski definition) is 2. The number of hydrogen-bond donors (Lipinski definition) is 1. The number of nitrogens with one attached hydrogen (secondary N) is 1. The number of amides is 1. The number of quaternary nitrogens is 1. The molecule has 2 aromatic rings. The summed E-state index contributed by atoms with van der Waals surface area (Å²) in [7, 11) is 1.79. The van der Waals surface area contributed by atoms with Gasteiger partial charge in [0.2, 0.25) is 0 Å². The van der Waals surface area contributed by atoms with Crippen molar-refractivity contribution in [3.05, 3.63) is 51.8 Å². The van der Waals surface area contributed by atoms with Gasteiger partial charge in [-0.15, -0.1) is 0 Å². The van der Waals surface area contributed by atoms with E-state index in [1.807, 2.05) is 23.1 Å². The fourth-order valence-electron chi connectivity index (χ4n) is 2.89. The minimum atomic E-state index is 0.0542. The number of carbonyl (C=O) groups is 1. The standard InChI is InChI=1S/C16H18Cl2N4O/c1-20-15(4-5-19-20)16(23)22-8-6-21(7-9-22)11-12-2-3-13(17)14(18)10-12/h2-5,10H,6-9,11H2,1H3/p+1. The molecule has 0 saturated carbocycles. The number of halogens is 2. The Balaban J connectivity index is 1.57. The van der Waals surface area contributed by atoms with E-state index in [0.29, 0.717) is 15.7 Å². The summed E-state index contributed by atoms with van der Waals surface area (Å²) in [4.78, 5) is 15.8. The number of carbonyl (C=O) groups excluding carboxylic acids is 1. The summed E-state index contributed by atoms with van der Waals surface area (Å²) in [5.41, 5.74) is 1.80. The summed E-state index contributed by atoms with van der Waals surface area (Å²) in [6, 6.07) is 7.52. The lowest BCUT2D eigenvalue weighted by molar-refractivity contribution is -0.917. The van der Waals surface area contributed by atoms with Crippen LogP contribution in [-0.4, -0.2) is 46.8 Å². The molecule has 0 bridgehead atoms. The van der Waals surface area contributed by atoms with E-state index in [-0.39, 0.29) is 5.91 Å². The normalized spacial score (nSPS) is 15.9. The number of nitrogens with zero attached hydrogens (tertiary/aromatic N) is 3. The smallest absolute Gasteiger partial charge is 0.272 e. The molecule has 0 radical (unpaired) electrons. The van der Waals surface area contributed by atoms with E-state index in [9.17, 15) is 4.79 Å². The Hall–Kier alpha value is -1.56. The Labute approximate surface area is 145 Å². The van der Waals surface area contributed by atoms with E-state index in [0.717, 1.165) is 32.7 Å². The number of aromatic nitrogens is 2. The van der Waals surface area contributed by atoms with Crippen LogP contribution in [0.5, 0.6) is 0 Å². The maximum atomic E-state index is 12.5. The second-order valence-electron chi connectivity index (χ2n) is 5.81. The number of benzene rings is 1. The lowest BCUT2D eigenvalue weighted by atomic mass is 10.2. The van der Waals surface area contributed by atoms with E-state index in [2.05, 4.69) is 5.10 Å². The Morgan fingerprint density at radius 1 is 1.22 bits per heavy atom. The molecule has 0 unspecified atom stereocenters. The Morgan fingerprint density at radius 2 is 1.96 bits per heavy atom. The predicted octanol–water partition coefficient (Wildman–Crippen LogP) is 1.27. The third-order valence-electron chi connectivity index (χ3n) is 4.24. The second-order valence-corrected chi connectivity index (χ2v) is 6.62. The first-order chi connectivity index (χ1) is 11.0. The zero-order chi connectivity index (χ0) is 16.4. The largest absolute Gasteiger partial charge is 0.328 e. The molecule has 0 atom stereocenters. The highest BCUT2D eigenvalue weighted by molar-refractivity contribution is 6.42. The van der Waals surface area contributed by atoms with Gasteiger partial charge in [-0.05, 0) is 18.2 Å². The highest BCUT2D eigenvalue weighted by Gasteiger charge is 2.26. The summed E-state index contributed by atoms with van der Waals surface area (Å²) in [6.45, 7) is 4.24. The molecule has 7 heteroatoms. The SMILES string of the molecule is Cn1nccc1C(=O)N1CC[NH+](Cc2ccc(Cl)c(Cl)c2)CC1. The van der Waals surface area contributed by atoms with Gasteiger partial charge in [-0.1, -0.05) is 29.3 Å². The molecular formula is C16H19Cl2N4O+. The van der Waals surface area contributed by atoms with E-state index < -0.39 is 0 Å². The van der Waals surface area contributed by atoms with Crippen LogP contribution in [0.2, 0.25) is 10.0 Å². The summed E-state index contributed by atoms with van der Waals surface area (Å²) >= 11 is 12.0. The summed E-state index contributed by atoms with van der Waals surface area (Å²) in [5, 5.41) is 5.23. The predicted molar refractivity (Wildman–Crippen MR) is 90.0 cm³/mol. The maximum Gasteiger partial charge on any atom is 0.272 e. The van der Waals surface area contributed by atoms with Crippen molar-refractivity contribution >= 4 is 29.1 Å². The molecule has 1 fully saturated rings. The zero-order valence-corrected chi connectivity index (χ0v) is 14.4. The van der Waals surface area contributed by atoms with Crippen molar-refractivity contribution in [1.82, 2.24) is 14.7 Å². The molecule has 3 rings (SSSR count). The van der Waals surface area contributed by atoms with Gasteiger partial charge in [0.25, 0.3) is 5.91 Å². The van der Waals surface area contributed by atoms with Crippen LogP contribution < -0.4 is 4.90 Å². The molecular weight excluding hydrogens is 335 g/mol. The van der Waals surface area contributed by atoms with Gasteiger partial charge in [-0.2, -0.15) is 5.10 Å². The third-order valence-corrected chi connectivity index (χ3v) is 4.97. The average Bonchev–Trinajstić information content (AvgIpc) is 2.97.